The molecule has 9 nitrogen and oxygen atoms in total. The van der Waals surface area contributed by atoms with E-state index in [-0.39, 0.29) is 35.6 Å². The van der Waals surface area contributed by atoms with Gasteiger partial charge in [-0.3, -0.25) is 14.4 Å². The van der Waals surface area contributed by atoms with E-state index in [0.717, 1.165) is 23.3 Å². The van der Waals surface area contributed by atoms with Crippen molar-refractivity contribution >= 4 is 23.2 Å². The van der Waals surface area contributed by atoms with E-state index in [1.165, 1.54) is 34.2 Å². The van der Waals surface area contributed by atoms with Gasteiger partial charge in [0.15, 0.2) is 11.4 Å². The molecule has 39 heavy (non-hydrogen) atoms. The Kier molecular flexibility index (Phi) is 6.30. The molecule has 1 unspecified atom stereocenters. The van der Waals surface area contributed by atoms with Crippen molar-refractivity contribution in [1.29, 1.82) is 0 Å². The van der Waals surface area contributed by atoms with Crippen molar-refractivity contribution in [1.82, 2.24) is 19.4 Å². The molecular weight excluding hydrogens is 523 g/mol. The van der Waals surface area contributed by atoms with Gasteiger partial charge in [-0.15, -0.1) is 11.3 Å². The summed E-state index contributed by atoms with van der Waals surface area (Å²) in [5, 5.41) is 11.5. The number of hydrogen-bond acceptors (Lipinski definition) is 7. The minimum absolute atomic E-state index is 0.0439. The number of pyridine rings is 1. The smallest absolute Gasteiger partial charge is 0.274 e. The standard InChI is InChI=1S/C28H29FN4O5S/c1-28(27(37)31-12-19(13-31)38-2)15-32(11-17-3-4-17)26(36)22-24(35)23(34)21(14-33(22)28)25-30-10-20(39-25)9-16-5-7-18(29)8-6-16/h5-8,10,14,17,19,35H,3-4,9,11-13,15H2,1-2H3. The van der Waals surface area contributed by atoms with Crippen LogP contribution in [0.4, 0.5) is 4.39 Å². The molecule has 2 amide bonds. The molecule has 0 spiro atoms. The van der Waals surface area contributed by atoms with Gasteiger partial charge in [-0.2, -0.15) is 0 Å². The summed E-state index contributed by atoms with van der Waals surface area (Å²) in [7, 11) is 1.60. The summed E-state index contributed by atoms with van der Waals surface area (Å²) in [5.41, 5.74) is -1.10. The number of aromatic nitrogens is 2. The second kappa shape index (κ2) is 9.56. The van der Waals surface area contributed by atoms with E-state index in [9.17, 15) is 23.9 Å². The van der Waals surface area contributed by atoms with Crippen molar-refractivity contribution in [3.05, 3.63) is 68.8 Å². The Labute approximate surface area is 228 Å². The first-order valence-electron chi connectivity index (χ1n) is 13.0. The highest BCUT2D eigenvalue weighted by molar-refractivity contribution is 7.15. The van der Waals surface area contributed by atoms with Crippen molar-refractivity contribution < 1.29 is 23.8 Å². The van der Waals surface area contributed by atoms with E-state index in [1.807, 2.05) is 0 Å². The highest BCUT2D eigenvalue weighted by Gasteiger charge is 2.50. The summed E-state index contributed by atoms with van der Waals surface area (Å²) >= 11 is 1.27. The van der Waals surface area contributed by atoms with E-state index in [4.69, 9.17) is 4.74 Å². The summed E-state index contributed by atoms with van der Waals surface area (Å²) in [5.74, 6) is -1.28. The molecule has 204 valence electrons. The van der Waals surface area contributed by atoms with Crippen LogP contribution in [0.2, 0.25) is 0 Å². The van der Waals surface area contributed by atoms with Gasteiger partial charge >= 0.3 is 0 Å². The first-order chi connectivity index (χ1) is 18.7. The zero-order valence-corrected chi connectivity index (χ0v) is 22.5. The normalized spacial score (nSPS) is 21.2. The van der Waals surface area contributed by atoms with Gasteiger partial charge in [-0.25, -0.2) is 9.37 Å². The number of hydrogen-bond donors (Lipinski definition) is 1. The lowest BCUT2D eigenvalue weighted by molar-refractivity contribution is -0.153. The van der Waals surface area contributed by atoms with Crippen molar-refractivity contribution in [2.24, 2.45) is 5.92 Å². The molecule has 1 saturated carbocycles. The lowest BCUT2D eigenvalue weighted by Crippen LogP contribution is -2.65. The highest BCUT2D eigenvalue weighted by Crippen LogP contribution is 2.38. The van der Waals surface area contributed by atoms with E-state index in [1.54, 1.807) is 42.2 Å². The average molecular weight is 553 g/mol. The third kappa shape index (κ3) is 4.53. The van der Waals surface area contributed by atoms with Gasteiger partial charge in [-0.05, 0) is 43.4 Å². The molecule has 1 saturated heterocycles. The van der Waals surface area contributed by atoms with Crippen LogP contribution in [0.15, 0.2) is 41.5 Å². The van der Waals surface area contributed by atoms with E-state index >= 15 is 0 Å². The van der Waals surface area contributed by atoms with Crippen molar-refractivity contribution in [3.63, 3.8) is 0 Å². The number of halogens is 1. The van der Waals surface area contributed by atoms with Gasteiger partial charge in [-0.1, -0.05) is 12.1 Å². The zero-order valence-electron chi connectivity index (χ0n) is 21.7. The molecule has 4 heterocycles. The van der Waals surface area contributed by atoms with Gasteiger partial charge in [0.2, 0.25) is 5.43 Å². The molecule has 3 aliphatic rings. The Morgan fingerprint density at radius 2 is 1.95 bits per heavy atom. The van der Waals surface area contributed by atoms with Crippen LogP contribution in [0, 0.1) is 11.7 Å². The van der Waals surface area contributed by atoms with Crippen LogP contribution < -0.4 is 5.43 Å². The van der Waals surface area contributed by atoms with Gasteiger partial charge in [0, 0.05) is 50.4 Å². The van der Waals surface area contributed by atoms with Crippen LogP contribution in [0.1, 0.15) is 40.7 Å². The molecule has 2 fully saturated rings. The minimum Gasteiger partial charge on any atom is -0.503 e. The number of rotatable bonds is 7. The number of likely N-dealkylation sites (tertiary alicyclic amines) is 1. The van der Waals surface area contributed by atoms with E-state index in [2.05, 4.69) is 4.98 Å². The Bertz CT molecular complexity index is 1510. The first kappa shape index (κ1) is 25.7. The van der Waals surface area contributed by atoms with Gasteiger partial charge in [0.1, 0.15) is 16.4 Å². The number of methoxy groups -OCH3 is 1. The predicted octanol–water partition coefficient (Wildman–Crippen LogP) is 2.85. The van der Waals surface area contributed by atoms with Gasteiger partial charge < -0.3 is 24.2 Å². The number of benzene rings is 1. The van der Waals surface area contributed by atoms with Gasteiger partial charge in [0.25, 0.3) is 11.8 Å². The van der Waals surface area contributed by atoms with E-state index < -0.39 is 22.6 Å². The molecule has 1 aromatic carbocycles. The third-order valence-electron chi connectivity index (χ3n) is 7.88. The number of carbonyl (C=O) groups is 2. The fourth-order valence-electron chi connectivity index (χ4n) is 5.36. The topological polar surface area (TPSA) is 105 Å². The number of ether oxygens (including phenoxy) is 1. The summed E-state index contributed by atoms with van der Waals surface area (Å²) < 4.78 is 20.1. The maximum Gasteiger partial charge on any atom is 0.274 e. The molecule has 1 atom stereocenters. The van der Waals surface area contributed by atoms with Gasteiger partial charge in [0.05, 0.1) is 18.2 Å². The zero-order chi connectivity index (χ0) is 27.5. The minimum atomic E-state index is -1.23. The lowest BCUT2D eigenvalue weighted by atomic mass is 9.91. The molecule has 6 rings (SSSR count). The second-order valence-corrected chi connectivity index (χ2v) is 12.0. The first-order valence-corrected chi connectivity index (χ1v) is 13.8. The van der Waals surface area contributed by atoms with Crippen molar-refractivity contribution in [2.75, 3.05) is 33.3 Å². The Morgan fingerprint density at radius 3 is 2.62 bits per heavy atom. The summed E-state index contributed by atoms with van der Waals surface area (Å²) in [4.78, 5) is 49.3. The molecule has 0 radical (unpaired) electrons. The summed E-state index contributed by atoms with van der Waals surface area (Å²) in [6.07, 6.45) is 5.61. The highest BCUT2D eigenvalue weighted by atomic mass is 32.1. The molecule has 1 aliphatic carbocycles. The Balaban J connectivity index is 1.40. The number of thiazole rings is 1. The quantitative estimate of drug-likeness (QED) is 0.484. The third-order valence-corrected chi connectivity index (χ3v) is 8.91. The monoisotopic (exact) mass is 552 g/mol. The molecule has 11 heteroatoms. The van der Waals surface area contributed by atoms with Crippen LogP contribution >= 0.6 is 11.3 Å². The summed E-state index contributed by atoms with van der Waals surface area (Å²) in [6, 6.07) is 6.15. The number of amides is 2. The molecule has 3 aromatic rings. The molecule has 1 N–H and O–H groups in total. The molecule has 2 aromatic heterocycles. The van der Waals surface area contributed by atoms with Crippen LogP contribution in [-0.2, 0) is 21.5 Å². The number of nitrogens with zero attached hydrogens (tertiary/aromatic N) is 4. The fraction of sp³-hybridized carbons (Fsp3) is 0.429. The van der Waals surface area contributed by atoms with Crippen LogP contribution in [-0.4, -0.2) is 75.7 Å². The lowest BCUT2D eigenvalue weighted by Gasteiger charge is -2.48. The number of carbonyl (C=O) groups excluding carboxylic acids is 2. The average Bonchev–Trinajstić information content (AvgIpc) is 3.59. The molecular formula is C28H29FN4O5S. The maximum atomic E-state index is 13.9. The number of aromatic hydroxyl groups is 1. The van der Waals surface area contributed by atoms with Crippen LogP contribution in [0.25, 0.3) is 10.6 Å². The van der Waals surface area contributed by atoms with E-state index in [0.29, 0.717) is 37.0 Å². The Morgan fingerprint density at radius 1 is 1.23 bits per heavy atom. The summed E-state index contributed by atoms with van der Waals surface area (Å²) in [6.45, 7) is 3.25. The fourth-order valence-corrected chi connectivity index (χ4v) is 6.31. The molecule has 0 bridgehead atoms. The molecule has 2 aliphatic heterocycles. The van der Waals surface area contributed by atoms with Crippen LogP contribution in [0.3, 0.4) is 0 Å². The largest absolute Gasteiger partial charge is 0.503 e. The van der Waals surface area contributed by atoms with Crippen molar-refractivity contribution in [3.8, 4) is 16.3 Å². The SMILES string of the molecule is COC1CN(C(=O)C2(C)CN(CC3CC3)C(=O)c3c(O)c(=O)c(-c4ncc(Cc5ccc(F)cc5)s4)cn32)C1. The second-order valence-electron chi connectivity index (χ2n) is 10.8. The van der Waals surface area contributed by atoms with Crippen LogP contribution in [0.5, 0.6) is 5.75 Å². The number of fused-ring (bicyclic) bond motifs is 1. The maximum absolute atomic E-state index is 13.9. The predicted molar refractivity (Wildman–Crippen MR) is 142 cm³/mol. The van der Waals surface area contributed by atoms with Crippen molar-refractivity contribution in [2.45, 2.75) is 37.8 Å². The Hall–Kier alpha value is -3.57.